The number of hydrogen-bond donors (Lipinski definition) is 1. The first-order valence-corrected chi connectivity index (χ1v) is 12.7. The first-order valence-electron chi connectivity index (χ1n) is 10.8. The summed E-state index contributed by atoms with van der Waals surface area (Å²) in [5.74, 6) is 0.517. The van der Waals surface area contributed by atoms with E-state index in [0.717, 1.165) is 17.4 Å². The third-order valence-corrected chi connectivity index (χ3v) is 6.20. The van der Waals surface area contributed by atoms with Gasteiger partial charge < -0.3 is 19.4 Å². The van der Waals surface area contributed by atoms with Crippen molar-refractivity contribution in [1.82, 2.24) is 0 Å². The van der Waals surface area contributed by atoms with Crippen LogP contribution in [0.2, 0.25) is 0 Å². The molecule has 1 N–H and O–H groups in total. The van der Waals surface area contributed by atoms with E-state index in [1.165, 1.54) is 19.2 Å². The Morgan fingerprint density at radius 1 is 0.857 bits per heavy atom. The van der Waals surface area contributed by atoms with Crippen molar-refractivity contribution < 1.29 is 32.6 Å². The lowest BCUT2D eigenvalue weighted by molar-refractivity contribution is -0.136. The summed E-state index contributed by atoms with van der Waals surface area (Å²) in [6, 6.07) is 21.2. The molecule has 0 aliphatic heterocycles. The maximum atomic E-state index is 11.7. The van der Waals surface area contributed by atoms with E-state index in [1.54, 1.807) is 12.1 Å². The summed E-state index contributed by atoms with van der Waals surface area (Å²) in [6.45, 7) is 0.508. The fourth-order valence-electron chi connectivity index (χ4n) is 3.17. The Morgan fingerprint density at radius 2 is 1.43 bits per heavy atom. The molecule has 0 bridgehead atoms. The predicted molar refractivity (Wildman–Crippen MR) is 132 cm³/mol. The smallest absolute Gasteiger partial charge is 0.303 e. The summed E-state index contributed by atoms with van der Waals surface area (Å²) in [5.41, 5.74) is 3.11. The zero-order valence-corrected chi connectivity index (χ0v) is 20.3. The second kappa shape index (κ2) is 12.0. The number of benzene rings is 3. The van der Waals surface area contributed by atoms with Crippen LogP contribution in [-0.2, 0) is 32.5 Å². The van der Waals surface area contributed by atoms with Crippen LogP contribution in [0.1, 0.15) is 23.1 Å². The molecule has 0 aliphatic carbocycles. The zero-order valence-electron chi connectivity index (χ0n) is 19.5. The number of carboxylic acids is 1. The van der Waals surface area contributed by atoms with Gasteiger partial charge in [-0.3, -0.25) is 4.79 Å². The molecule has 8 nitrogen and oxygen atoms in total. The molecule has 0 amide bonds. The Bertz CT molecular complexity index is 1250. The monoisotopic (exact) mass is 497 g/mol. The molecule has 0 radical (unpaired) electrons. The minimum Gasteiger partial charge on any atom is -0.489 e. The second-order valence-electron chi connectivity index (χ2n) is 7.78. The average molecular weight is 498 g/mol. The number of carbonyl (C=O) groups is 1. The number of aryl methyl sites for hydroxylation is 1. The molecule has 0 fully saturated rings. The third kappa shape index (κ3) is 8.15. The SMILES string of the molecule is CO/N=C(/COc1ccc(COc2ccc(CCC(=O)O)cc2)cc1)c1ccc(S(C)(=O)=O)cc1. The van der Waals surface area contributed by atoms with Crippen molar-refractivity contribution in [3.8, 4) is 11.5 Å². The number of rotatable bonds is 12. The van der Waals surface area contributed by atoms with E-state index >= 15 is 0 Å². The predicted octanol–water partition coefficient (Wildman–Crippen LogP) is 4.12. The number of nitrogens with zero attached hydrogens (tertiary/aromatic N) is 1. The quantitative estimate of drug-likeness (QED) is 0.296. The summed E-state index contributed by atoms with van der Waals surface area (Å²) in [6.07, 6.45) is 1.74. The number of ether oxygens (including phenoxy) is 2. The van der Waals surface area contributed by atoms with Gasteiger partial charge in [0.15, 0.2) is 9.84 Å². The fraction of sp³-hybridized carbons (Fsp3) is 0.231. The van der Waals surface area contributed by atoms with Gasteiger partial charge in [-0.2, -0.15) is 0 Å². The van der Waals surface area contributed by atoms with E-state index in [4.69, 9.17) is 19.4 Å². The lowest BCUT2D eigenvalue weighted by Crippen LogP contribution is -2.14. The van der Waals surface area contributed by atoms with E-state index < -0.39 is 15.8 Å². The summed E-state index contributed by atoms with van der Waals surface area (Å²) < 4.78 is 34.9. The van der Waals surface area contributed by atoms with Crippen LogP contribution < -0.4 is 9.47 Å². The van der Waals surface area contributed by atoms with Crippen LogP contribution in [-0.4, -0.2) is 45.2 Å². The Labute approximate surface area is 204 Å². The van der Waals surface area contributed by atoms with Gasteiger partial charge in [0.25, 0.3) is 0 Å². The molecule has 0 heterocycles. The van der Waals surface area contributed by atoms with Gasteiger partial charge in [-0.1, -0.05) is 41.6 Å². The standard InChI is InChI=1S/C26H27NO7S/c1-32-27-25(21-8-14-24(15-9-21)35(2,30)31)18-34-23-12-5-20(6-13-23)17-33-22-10-3-19(4-11-22)7-16-26(28)29/h3-6,8-15H,7,16-18H2,1-2H3,(H,28,29)/b27-25-. The molecule has 3 aromatic rings. The van der Waals surface area contributed by atoms with E-state index in [-0.39, 0.29) is 17.9 Å². The lowest BCUT2D eigenvalue weighted by Gasteiger charge is -2.11. The zero-order chi connectivity index (χ0) is 25.3. The molecule has 35 heavy (non-hydrogen) atoms. The first kappa shape index (κ1) is 25.8. The van der Waals surface area contributed by atoms with Crippen LogP contribution in [0.15, 0.2) is 82.8 Å². The van der Waals surface area contributed by atoms with Gasteiger partial charge in [0.2, 0.25) is 0 Å². The van der Waals surface area contributed by atoms with Crippen molar-refractivity contribution in [2.24, 2.45) is 5.16 Å². The topological polar surface area (TPSA) is 111 Å². The van der Waals surface area contributed by atoms with E-state index in [1.807, 2.05) is 48.5 Å². The summed E-state index contributed by atoms with van der Waals surface area (Å²) in [4.78, 5) is 15.8. The van der Waals surface area contributed by atoms with Crippen LogP contribution in [0.5, 0.6) is 11.5 Å². The highest BCUT2D eigenvalue weighted by Crippen LogP contribution is 2.18. The number of hydrogen-bond acceptors (Lipinski definition) is 7. The highest BCUT2D eigenvalue weighted by Gasteiger charge is 2.11. The molecule has 0 unspecified atom stereocenters. The Hall–Kier alpha value is -3.85. The Morgan fingerprint density at radius 3 is 1.97 bits per heavy atom. The Balaban J connectivity index is 1.53. The molecule has 0 atom stereocenters. The van der Waals surface area contributed by atoms with Crippen molar-refractivity contribution in [3.63, 3.8) is 0 Å². The van der Waals surface area contributed by atoms with Crippen molar-refractivity contribution >= 4 is 21.5 Å². The molecule has 0 saturated heterocycles. The molecule has 3 aromatic carbocycles. The van der Waals surface area contributed by atoms with Gasteiger partial charge in [-0.15, -0.1) is 0 Å². The van der Waals surface area contributed by atoms with E-state index in [0.29, 0.717) is 35.8 Å². The van der Waals surface area contributed by atoms with Gasteiger partial charge in [-0.05, 0) is 53.9 Å². The largest absolute Gasteiger partial charge is 0.489 e. The maximum Gasteiger partial charge on any atom is 0.303 e. The van der Waals surface area contributed by atoms with Gasteiger partial charge in [-0.25, -0.2) is 8.42 Å². The summed E-state index contributed by atoms with van der Waals surface area (Å²) >= 11 is 0. The van der Waals surface area contributed by atoms with E-state index in [9.17, 15) is 13.2 Å². The highest BCUT2D eigenvalue weighted by molar-refractivity contribution is 7.90. The molecule has 3 rings (SSSR count). The highest BCUT2D eigenvalue weighted by atomic mass is 32.2. The van der Waals surface area contributed by atoms with Gasteiger partial charge >= 0.3 is 5.97 Å². The minimum absolute atomic E-state index is 0.100. The molecular formula is C26H27NO7S. The molecule has 0 saturated carbocycles. The van der Waals surface area contributed by atoms with Crippen LogP contribution in [0.4, 0.5) is 0 Å². The molecule has 184 valence electrons. The Kier molecular flexibility index (Phi) is 8.86. The van der Waals surface area contributed by atoms with Crippen LogP contribution in [0.25, 0.3) is 0 Å². The fourth-order valence-corrected chi connectivity index (χ4v) is 3.80. The summed E-state index contributed by atoms with van der Waals surface area (Å²) in [7, 11) is -1.85. The first-order chi connectivity index (χ1) is 16.7. The molecule has 0 aliphatic rings. The van der Waals surface area contributed by atoms with Crippen LogP contribution in [0.3, 0.4) is 0 Å². The van der Waals surface area contributed by atoms with E-state index in [2.05, 4.69) is 5.16 Å². The van der Waals surface area contributed by atoms with Gasteiger partial charge in [0, 0.05) is 18.2 Å². The normalized spacial score (nSPS) is 11.7. The summed E-state index contributed by atoms with van der Waals surface area (Å²) in [5, 5.41) is 12.8. The lowest BCUT2D eigenvalue weighted by atomic mass is 10.1. The van der Waals surface area contributed by atoms with Gasteiger partial charge in [0.1, 0.15) is 37.5 Å². The van der Waals surface area contributed by atoms with Crippen molar-refractivity contribution in [2.75, 3.05) is 20.0 Å². The maximum absolute atomic E-state index is 11.7. The third-order valence-electron chi connectivity index (χ3n) is 5.07. The van der Waals surface area contributed by atoms with Crippen molar-refractivity contribution in [3.05, 3.63) is 89.5 Å². The number of aliphatic carboxylic acids is 1. The molecule has 0 spiro atoms. The van der Waals surface area contributed by atoms with Crippen molar-refractivity contribution in [1.29, 1.82) is 0 Å². The number of oxime groups is 1. The molecular weight excluding hydrogens is 470 g/mol. The minimum atomic E-state index is -3.28. The average Bonchev–Trinajstić information content (AvgIpc) is 2.85. The molecule has 0 aromatic heterocycles. The number of sulfone groups is 1. The van der Waals surface area contributed by atoms with Crippen molar-refractivity contribution in [2.45, 2.75) is 24.3 Å². The van der Waals surface area contributed by atoms with Crippen LogP contribution in [0, 0.1) is 0 Å². The van der Waals surface area contributed by atoms with Crippen LogP contribution >= 0.6 is 0 Å². The second-order valence-corrected chi connectivity index (χ2v) is 9.79. The molecule has 9 heteroatoms. The van der Waals surface area contributed by atoms with Gasteiger partial charge in [0.05, 0.1) is 4.90 Å². The number of carboxylic acid groups (broad SMARTS) is 1.